The zero-order valence-electron chi connectivity index (χ0n) is 16.4. The van der Waals surface area contributed by atoms with Crippen molar-refractivity contribution >= 4 is 35.8 Å². The van der Waals surface area contributed by atoms with Gasteiger partial charge in [-0.2, -0.15) is 0 Å². The van der Waals surface area contributed by atoms with Crippen molar-refractivity contribution in [3.63, 3.8) is 0 Å². The number of rotatable bonds is 6. The number of nitrogens with zero attached hydrogens (tertiary/aromatic N) is 3. The van der Waals surface area contributed by atoms with Gasteiger partial charge < -0.3 is 15.5 Å². The van der Waals surface area contributed by atoms with Gasteiger partial charge in [0.25, 0.3) is 0 Å². The molecule has 1 aliphatic rings. The molecule has 2 N–H and O–H groups in total. The van der Waals surface area contributed by atoms with E-state index in [1.807, 2.05) is 44.2 Å². The van der Waals surface area contributed by atoms with Crippen LogP contribution in [0.2, 0.25) is 0 Å². The molecule has 1 saturated carbocycles. The largest absolute Gasteiger partial charge is 0.363 e. The summed E-state index contributed by atoms with van der Waals surface area (Å²) in [6.45, 7) is 1.56. The second-order valence-electron chi connectivity index (χ2n) is 7.16. The van der Waals surface area contributed by atoms with E-state index in [4.69, 9.17) is 0 Å². The fourth-order valence-corrected chi connectivity index (χ4v) is 3.43. The molecule has 0 unspecified atom stereocenters. The summed E-state index contributed by atoms with van der Waals surface area (Å²) in [5.74, 6) is 1.79. The molecule has 1 aromatic heterocycles. The van der Waals surface area contributed by atoms with Crippen molar-refractivity contribution in [1.82, 2.24) is 15.6 Å². The van der Waals surface area contributed by atoms with E-state index >= 15 is 0 Å². The average molecular weight is 479 g/mol. The van der Waals surface area contributed by atoms with E-state index in [0.29, 0.717) is 6.54 Å². The van der Waals surface area contributed by atoms with Crippen LogP contribution in [0.15, 0.2) is 53.5 Å². The Morgan fingerprint density at radius 2 is 1.81 bits per heavy atom. The maximum absolute atomic E-state index is 4.64. The Morgan fingerprint density at radius 1 is 1.07 bits per heavy atom. The van der Waals surface area contributed by atoms with Gasteiger partial charge in [0.05, 0.1) is 12.2 Å². The van der Waals surface area contributed by atoms with E-state index in [1.165, 1.54) is 24.8 Å². The molecule has 5 nitrogen and oxygen atoms in total. The minimum Gasteiger partial charge on any atom is -0.363 e. The molecule has 1 heterocycles. The summed E-state index contributed by atoms with van der Waals surface area (Å²) in [5.41, 5.74) is 2.66. The number of anilines is 1. The Kier molecular flexibility index (Phi) is 7.89. The highest BCUT2D eigenvalue weighted by atomic mass is 127. The van der Waals surface area contributed by atoms with Crippen LogP contribution in [-0.4, -0.2) is 38.6 Å². The van der Waals surface area contributed by atoms with Crippen molar-refractivity contribution < 1.29 is 0 Å². The van der Waals surface area contributed by atoms with Crippen LogP contribution in [0.4, 0.5) is 5.82 Å². The quantitative estimate of drug-likeness (QED) is 0.378. The molecule has 0 amide bonds. The molecule has 0 saturated heterocycles. The van der Waals surface area contributed by atoms with Crippen molar-refractivity contribution in [2.45, 2.75) is 31.2 Å². The number of hydrogen-bond donors (Lipinski definition) is 2. The van der Waals surface area contributed by atoms with Gasteiger partial charge in [-0.1, -0.05) is 42.8 Å². The third kappa shape index (κ3) is 5.34. The van der Waals surface area contributed by atoms with Gasteiger partial charge in [-0.15, -0.1) is 24.0 Å². The lowest BCUT2D eigenvalue weighted by molar-refractivity contribution is 0.244. The molecular weight excluding hydrogens is 449 g/mol. The number of aliphatic imine (C=N–C) groups is 1. The molecule has 27 heavy (non-hydrogen) atoms. The highest BCUT2D eigenvalue weighted by Crippen LogP contribution is 2.43. The standard InChI is InChI=1S/C21H29N5.HI/c1-22-20(23-15-18-11-7-12-19(25-18)26(2)3)24-16-21(13-8-14-21)17-9-5-4-6-10-17;/h4-7,9-12H,8,13-16H2,1-3H3,(H2,22,23,24);1H. The van der Waals surface area contributed by atoms with Gasteiger partial charge in [0.15, 0.2) is 5.96 Å². The summed E-state index contributed by atoms with van der Waals surface area (Å²) < 4.78 is 0. The fraction of sp³-hybridized carbons (Fsp3) is 0.429. The first-order chi connectivity index (χ1) is 12.6. The van der Waals surface area contributed by atoms with Crippen molar-refractivity contribution in [1.29, 1.82) is 0 Å². The molecule has 146 valence electrons. The molecule has 0 radical (unpaired) electrons. The Hall–Kier alpha value is -1.83. The predicted octanol–water partition coefficient (Wildman–Crippen LogP) is 3.55. The predicted molar refractivity (Wildman–Crippen MR) is 124 cm³/mol. The molecule has 1 fully saturated rings. The van der Waals surface area contributed by atoms with Crippen LogP contribution in [-0.2, 0) is 12.0 Å². The molecule has 6 heteroatoms. The molecule has 1 aliphatic carbocycles. The molecule has 2 aromatic rings. The Labute approximate surface area is 179 Å². The first kappa shape index (κ1) is 21.5. The van der Waals surface area contributed by atoms with Gasteiger partial charge in [0.2, 0.25) is 0 Å². The second-order valence-corrected chi connectivity index (χ2v) is 7.16. The van der Waals surface area contributed by atoms with E-state index < -0.39 is 0 Å². The second kappa shape index (κ2) is 9.92. The highest BCUT2D eigenvalue weighted by molar-refractivity contribution is 14.0. The summed E-state index contributed by atoms with van der Waals surface area (Å²) in [6, 6.07) is 16.9. The number of benzene rings is 1. The van der Waals surface area contributed by atoms with Crippen molar-refractivity contribution in [3.05, 3.63) is 59.8 Å². The first-order valence-corrected chi connectivity index (χ1v) is 9.26. The van der Waals surface area contributed by atoms with Crippen LogP contribution >= 0.6 is 24.0 Å². The molecule has 0 aliphatic heterocycles. The van der Waals surface area contributed by atoms with Gasteiger partial charge in [-0.25, -0.2) is 4.98 Å². The number of hydrogen-bond acceptors (Lipinski definition) is 3. The van der Waals surface area contributed by atoms with E-state index in [2.05, 4.69) is 50.9 Å². The lowest BCUT2D eigenvalue weighted by Crippen LogP contribution is -2.48. The van der Waals surface area contributed by atoms with Crippen LogP contribution < -0.4 is 15.5 Å². The summed E-state index contributed by atoms with van der Waals surface area (Å²) in [4.78, 5) is 11.0. The summed E-state index contributed by atoms with van der Waals surface area (Å²) in [6.07, 6.45) is 3.75. The zero-order valence-corrected chi connectivity index (χ0v) is 18.7. The zero-order chi connectivity index (χ0) is 18.4. The van der Waals surface area contributed by atoms with Gasteiger partial charge in [-0.3, -0.25) is 4.99 Å². The van der Waals surface area contributed by atoms with Crippen LogP contribution in [0.3, 0.4) is 0 Å². The topological polar surface area (TPSA) is 52.6 Å². The van der Waals surface area contributed by atoms with E-state index in [-0.39, 0.29) is 29.4 Å². The SMILES string of the molecule is CN=C(NCc1cccc(N(C)C)n1)NCC1(c2ccccc2)CCC1.I. The maximum Gasteiger partial charge on any atom is 0.191 e. The Morgan fingerprint density at radius 3 is 2.41 bits per heavy atom. The summed E-state index contributed by atoms with van der Waals surface area (Å²) in [7, 11) is 5.82. The lowest BCUT2D eigenvalue weighted by atomic mass is 9.64. The molecule has 1 aromatic carbocycles. The van der Waals surface area contributed by atoms with Gasteiger partial charge in [-0.05, 0) is 30.5 Å². The van der Waals surface area contributed by atoms with Crippen molar-refractivity contribution in [2.24, 2.45) is 4.99 Å². The van der Waals surface area contributed by atoms with Crippen molar-refractivity contribution in [3.8, 4) is 0 Å². The lowest BCUT2D eigenvalue weighted by Gasteiger charge is -2.43. The van der Waals surface area contributed by atoms with Crippen LogP contribution in [0.5, 0.6) is 0 Å². The molecule has 0 spiro atoms. The van der Waals surface area contributed by atoms with Crippen LogP contribution in [0.1, 0.15) is 30.5 Å². The van der Waals surface area contributed by atoms with Gasteiger partial charge in [0.1, 0.15) is 5.82 Å². The number of pyridine rings is 1. The molecule has 0 bridgehead atoms. The average Bonchev–Trinajstić information content (AvgIpc) is 2.64. The smallest absolute Gasteiger partial charge is 0.191 e. The molecular formula is C21H30IN5. The number of halogens is 1. The minimum absolute atomic E-state index is 0. The number of aromatic nitrogens is 1. The Balaban J connectivity index is 0.00000261. The van der Waals surface area contributed by atoms with Crippen LogP contribution in [0.25, 0.3) is 0 Å². The Bertz CT molecular complexity index is 741. The van der Waals surface area contributed by atoms with Gasteiger partial charge >= 0.3 is 0 Å². The van der Waals surface area contributed by atoms with Crippen LogP contribution in [0, 0.1) is 0 Å². The van der Waals surface area contributed by atoms with E-state index in [9.17, 15) is 0 Å². The third-order valence-corrected chi connectivity index (χ3v) is 5.20. The number of guanidine groups is 1. The third-order valence-electron chi connectivity index (χ3n) is 5.20. The maximum atomic E-state index is 4.64. The van der Waals surface area contributed by atoms with E-state index in [1.54, 1.807) is 0 Å². The minimum atomic E-state index is 0. The number of nitrogens with one attached hydrogen (secondary N) is 2. The first-order valence-electron chi connectivity index (χ1n) is 9.26. The molecule has 3 rings (SSSR count). The fourth-order valence-electron chi connectivity index (χ4n) is 3.43. The summed E-state index contributed by atoms with van der Waals surface area (Å²) >= 11 is 0. The van der Waals surface area contributed by atoms with Crippen molar-refractivity contribution in [2.75, 3.05) is 32.6 Å². The monoisotopic (exact) mass is 479 g/mol. The highest BCUT2D eigenvalue weighted by Gasteiger charge is 2.38. The van der Waals surface area contributed by atoms with E-state index in [0.717, 1.165) is 24.0 Å². The van der Waals surface area contributed by atoms with Gasteiger partial charge in [0, 0.05) is 33.1 Å². The normalized spacial score (nSPS) is 15.3. The molecule has 0 atom stereocenters. The summed E-state index contributed by atoms with van der Waals surface area (Å²) in [5, 5.41) is 6.90.